The lowest BCUT2D eigenvalue weighted by Crippen LogP contribution is -2.50. The third-order valence-corrected chi connectivity index (χ3v) is 8.16. The van der Waals surface area contributed by atoms with Gasteiger partial charge in [0.25, 0.3) is 5.91 Å². The number of likely N-dealkylation sites (tertiary alicyclic amines) is 1. The summed E-state index contributed by atoms with van der Waals surface area (Å²) in [5, 5.41) is 11.6. The molecule has 0 aromatic carbocycles. The van der Waals surface area contributed by atoms with E-state index in [-0.39, 0.29) is 5.91 Å². The van der Waals surface area contributed by atoms with Gasteiger partial charge >= 0.3 is 0 Å². The Kier molecular flexibility index (Phi) is 6.29. The zero-order chi connectivity index (χ0) is 19.6. The van der Waals surface area contributed by atoms with E-state index in [0.29, 0.717) is 11.9 Å². The Morgan fingerprint density at radius 2 is 1.71 bits per heavy atom. The molecule has 2 heterocycles. The van der Waals surface area contributed by atoms with Crippen LogP contribution in [0.4, 0.5) is 0 Å². The average molecular weight is 389 g/mol. The monoisotopic (exact) mass is 388 g/mol. The maximum atomic E-state index is 13.2. The van der Waals surface area contributed by atoms with Crippen molar-refractivity contribution in [2.24, 2.45) is 11.8 Å². The minimum atomic E-state index is -0.513. The standard InChI is InChI=1S/C23H40N4O/c1-26-21(28)23(25-22(26)24,13-12-18-8-3-2-4-9-18)17-19-10-7-11-20(16-19)27-14-5-6-15-27/h18-20H,2-17H2,1H3,(H2,24,25)/t19-,20-,23+/m0/s1. The van der Waals surface area contributed by atoms with Crippen LogP contribution in [0.3, 0.4) is 0 Å². The summed E-state index contributed by atoms with van der Waals surface area (Å²) in [4.78, 5) is 17.5. The van der Waals surface area contributed by atoms with Crippen LogP contribution in [-0.4, -0.2) is 53.4 Å². The highest BCUT2D eigenvalue weighted by Crippen LogP contribution is 2.39. The van der Waals surface area contributed by atoms with Gasteiger partial charge in [-0.15, -0.1) is 0 Å². The van der Waals surface area contributed by atoms with Crippen LogP contribution >= 0.6 is 0 Å². The second-order valence-electron chi connectivity index (χ2n) is 10.1. The van der Waals surface area contributed by atoms with E-state index in [2.05, 4.69) is 10.2 Å². The summed E-state index contributed by atoms with van der Waals surface area (Å²) in [6.07, 6.45) is 17.6. The Hall–Kier alpha value is -1.10. The number of guanidine groups is 1. The molecule has 4 fully saturated rings. The third-order valence-electron chi connectivity index (χ3n) is 8.16. The summed E-state index contributed by atoms with van der Waals surface area (Å²) in [6, 6.07) is 0.727. The van der Waals surface area contributed by atoms with Gasteiger partial charge < -0.3 is 10.2 Å². The molecule has 2 aliphatic heterocycles. The maximum absolute atomic E-state index is 13.2. The normalized spacial score (nSPS) is 35.5. The summed E-state index contributed by atoms with van der Waals surface area (Å²) in [5.41, 5.74) is -0.513. The summed E-state index contributed by atoms with van der Waals surface area (Å²) in [7, 11) is 1.77. The number of nitrogens with zero attached hydrogens (tertiary/aromatic N) is 2. The predicted molar refractivity (Wildman–Crippen MR) is 113 cm³/mol. The van der Waals surface area contributed by atoms with E-state index in [4.69, 9.17) is 5.41 Å². The molecule has 4 aliphatic rings. The molecule has 3 atom stereocenters. The van der Waals surface area contributed by atoms with Gasteiger partial charge in [-0.1, -0.05) is 44.9 Å². The van der Waals surface area contributed by atoms with Crippen LogP contribution < -0.4 is 5.32 Å². The molecule has 0 unspecified atom stereocenters. The first-order valence-electron chi connectivity index (χ1n) is 12.0. The van der Waals surface area contributed by atoms with Gasteiger partial charge in [-0.25, -0.2) is 0 Å². The van der Waals surface area contributed by atoms with Crippen molar-refractivity contribution in [3.8, 4) is 0 Å². The van der Waals surface area contributed by atoms with Crippen molar-refractivity contribution in [1.82, 2.24) is 15.1 Å². The van der Waals surface area contributed by atoms with Crippen molar-refractivity contribution in [1.29, 1.82) is 5.41 Å². The largest absolute Gasteiger partial charge is 0.342 e. The number of hydrogen-bond acceptors (Lipinski definition) is 3. The van der Waals surface area contributed by atoms with Crippen LogP contribution in [0.5, 0.6) is 0 Å². The second-order valence-corrected chi connectivity index (χ2v) is 10.1. The third kappa shape index (κ3) is 4.24. The average Bonchev–Trinajstić information content (AvgIpc) is 3.32. The molecule has 2 N–H and O–H groups in total. The summed E-state index contributed by atoms with van der Waals surface area (Å²) in [5.74, 6) is 1.85. The van der Waals surface area contributed by atoms with Gasteiger partial charge in [0.2, 0.25) is 0 Å². The first-order chi connectivity index (χ1) is 13.6. The Morgan fingerprint density at radius 1 is 1.00 bits per heavy atom. The molecule has 0 aromatic heterocycles. The molecular weight excluding hydrogens is 348 g/mol. The lowest BCUT2D eigenvalue weighted by Gasteiger charge is -2.39. The van der Waals surface area contributed by atoms with E-state index in [0.717, 1.165) is 31.2 Å². The van der Waals surface area contributed by atoms with E-state index in [1.807, 2.05) is 0 Å². The summed E-state index contributed by atoms with van der Waals surface area (Å²) in [6.45, 7) is 2.55. The molecule has 5 heteroatoms. The quantitative estimate of drug-likeness (QED) is 0.719. The zero-order valence-electron chi connectivity index (χ0n) is 17.8. The fourth-order valence-corrected chi connectivity index (χ4v) is 6.50. The molecule has 0 bridgehead atoms. The smallest absolute Gasteiger partial charge is 0.254 e. The maximum Gasteiger partial charge on any atom is 0.254 e. The number of carbonyl (C=O) groups excluding carboxylic acids is 1. The van der Waals surface area contributed by atoms with Gasteiger partial charge in [0.05, 0.1) is 0 Å². The highest BCUT2D eigenvalue weighted by molar-refractivity contribution is 6.07. The molecular formula is C23H40N4O. The molecule has 2 aliphatic carbocycles. The van der Waals surface area contributed by atoms with Crippen LogP contribution in [0.15, 0.2) is 0 Å². The molecule has 1 amide bonds. The molecule has 2 saturated carbocycles. The van der Waals surface area contributed by atoms with Gasteiger partial charge in [0.1, 0.15) is 5.54 Å². The molecule has 0 radical (unpaired) electrons. The summed E-state index contributed by atoms with van der Waals surface area (Å²) >= 11 is 0. The van der Waals surface area contributed by atoms with Gasteiger partial charge in [-0.3, -0.25) is 15.1 Å². The first-order valence-corrected chi connectivity index (χ1v) is 12.0. The lowest BCUT2D eigenvalue weighted by atomic mass is 9.74. The minimum absolute atomic E-state index is 0.150. The molecule has 2 saturated heterocycles. The van der Waals surface area contributed by atoms with Gasteiger partial charge in [0, 0.05) is 13.1 Å². The Morgan fingerprint density at radius 3 is 2.39 bits per heavy atom. The van der Waals surface area contributed by atoms with Crippen molar-refractivity contribution < 1.29 is 4.79 Å². The molecule has 5 nitrogen and oxygen atoms in total. The number of carbonyl (C=O) groups is 1. The fourth-order valence-electron chi connectivity index (χ4n) is 6.50. The van der Waals surface area contributed by atoms with Crippen LogP contribution in [0.2, 0.25) is 0 Å². The van der Waals surface area contributed by atoms with Crippen LogP contribution in [0, 0.1) is 17.2 Å². The zero-order valence-corrected chi connectivity index (χ0v) is 17.8. The SMILES string of the molecule is CN1C(=N)N[C@](CCC2CCCCC2)(C[C@H]2CCC[C@H](N3CCCC3)C2)C1=O. The molecule has 0 aromatic rings. The van der Waals surface area contributed by atoms with E-state index in [1.54, 1.807) is 11.9 Å². The van der Waals surface area contributed by atoms with Crippen molar-refractivity contribution in [3.63, 3.8) is 0 Å². The van der Waals surface area contributed by atoms with Crippen molar-refractivity contribution >= 4 is 11.9 Å². The molecule has 4 rings (SSSR count). The second kappa shape index (κ2) is 8.73. The Balaban J connectivity index is 1.42. The van der Waals surface area contributed by atoms with Crippen LogP contribution in [0.1, 0.15) is 89.9 Å². The van der Waals surface area contributed by atoms with Gasteiger partial charge in [0.15, 0.2) is 5.96 Å². The van der Waals surface area contributed by atoms with Crippen molar-refractivity contribution in [2.75, 3.05) is 20.1 Å². The fraction of sp³-hybridized carbons (Fsp3) is 0.913. The first kappa shape index (κ1) is 20.2. The van der Waals surface area contributed by atoms with E-state index in [9.17, 15) is 4.79 Å². The minimum Gasteiger partial charge on any atom is -0.342 e. The van der Waals surface area contributed by atoms with Crippen LogP contribution in [-0.2, 0) is 4.79 Å². The summed E-state index contributed by atoms with van der Waals surface area (Å²) < 4.78 is 0. The van der Waals surface area contributed by atoms with Crippen molar-refractivity contribution in [3.05, 3.63) is 0 Å². The van der Waals surface area contributed by atoms with E-state index >= 15 is 0 Å². The van der Waals surface area contributed by atoms with Gasteiger partial charge in [-0.2, -0.15) is 0 Å². The number of amides is 1. The van der Waals surface area contributed by atoms with Crippen molar-refractivity contribution in [2.45, 2.75) is 101 Å². The molecule has 158 valence electrons. The van der Waals surface area contributed by atoms with Gasteiger partial charge in [-0.05, 0) is 69.9 Å². The van der Waals surface area contributed by atoms with E-state index in [1.165, 1.54) is 83.7 Å². The lowest BCUT2D eigenvalue weighted by molar-refractivity contribution is -0.131. The number of rotatable bonds is 6. The Labute approximate surface area is 171 Å². The predicted octanol–water partition coefficient (Wildman–Crippen LogP) is 4.13. The molecule has 0 spiro atoms. The number of likely N-dealkylation sites (N-methyl/N-ethyl adjacent to an activating group) is 1. The van der Waals surface area contributed by atoms with E-state index < -0.39 is 5.54 Å². The Bertz CT molecular complexity index is 567. The van der Waals surface area contributed by atoms with Crippen LogP contribution in [0.25, 0.3) is 0 Å². The molecule has 28 heavy (non-hydrogen) atoms. The highest BCUT2D eigenvalue weighted by Gasteiger charge is 2.49. The number of nitrogens with one attached hydrogen (secondary N) is 2. The number of hydrogen-bond donors (Lipinski definition) is 2. The topological polar surface area (TPSA) is 59.4 Å². The highest BCUT2D eigenvalue weighted by atomic mass is 16.2.